The van der Waals surface area contributed by atoms with E-state index in [0.717, 1.165) is 24.2 Å². The van der Waals surface area contributed by atoms with Gasteiger partial charge in [-0.25, -0.2) is 19.3 Å². The normalized spacial score (nSPS) is 14.4. The number of likely N-dealkylation sites (N-methyl/N-ethyl adjacent to an activating group) is 1. The Bertz CT molecular complexity index is 1300. The van der Waals surface area contributed by atoms with E-state index in [2.05, 4.69) is 32.2 Å². The standard InChI is InChI=1S/C25H25FN6O2/c1-15(2)32-14-28-22(16-4-7-19(26)8-5-16)23(32)25-29-20(13-34-25)24(33)30-21-9-6-17(10-27-21)18-11-31(3)12-18/h4-10,13-15,18H,11-12H2,1-3H3,(H,27,30,33). The second-order valence-electron chi connectivity index (χ2n) is 8.84. The van der Waals surface area contributed by atoms with Crippen LogP contribution in [0.4, 0.5) is 10.2 Å². The van der Waals surface area contributed by atoms with Crippen molar-refractivity contribution in [2.75, 3.05) is 25.5 Å². The SMILES string of the molecule is CC(C)n1cnc(-c2ccc(F)cc2)c1-c1nc(C(=O)Nc2ccc(C3CN(C)C3)cn2)co1. The molecule has 34 heavy (non-hydrogen) atoms. The highest BCUT2D eigenvalue weighted by Crippen LogP contribution is 2.33. The molecule has 1 aromatic carbocycles. The molecule has 174 valence electrons. The van der Waals surface area contributed by atoms with Crippen molar-refractivity contribution in [3.8, 4) is 22.8 Å². The number of nitrogens with one attached hydrogen (secondary N) is 1. The van der Waals surface area contributed by atoms with Crippen LogP contribution >= 0.6 is 0 Å². The average molecular weight is 461 g/mol. The third-order valence-corrected chi connectivity index (χ3v) is 5.97. The molecule has 1 N–H and O–H groups in total. The molecule has 0 bridgehead atoms. The summed E-state index contributed by atoms with van der Waals surface area (Å²) in [7, 11) is 2.08. The van der Waals surface area contributed by atoms with E-state index >= 15 is 0 Å². The number of carbonyl (C=O) groups excluding carboxylic acids is 1. The second kappa shape index (κ2) is 8.83. The zero-order chi connectivity index (χ0) is 23.8. The lowest BCUT2D eigenvalue weighted by molar-refractivity contribution is 0.102. The first-order valence-electron chi connectivity index (χ1n) is 11.1. The number of rotatable bonds is 6. The van der Waals surface area contributed by atoms with E-state index < -0.39 is 5.91 Å². The first kappa shape index (κ1) is 22.0. The van der Waals surface area contributed by atoms with Crippen molar-refractivity contribution >= 4 is 11.7 Å². The van der Waals surface area contributed by atoms with Crippen LogP contribution in [0.2, 0.25) is 0 Å². The number of oxazole rings is 1. The molecule has 4 aromatic rings. The molecule has 0 unspecified atom stereocenters. The number of nitrogens with zero attached hydrogens (tertiary/aromatic N) is 5. The van der Waals surface area contributed by atoms with Gasteiger partial charge in [-0.1, -0.05) is 6.07 Å². The van der Waals surface area contributed by atoms with Crippen LogP contribution in [0.25, 0.3) is 22.8 Å². The summed E-state index contributed by atoms with van der Waals surface area (Å²) >= 11 is 0. The monoisotopic (exact) mass is 460 g/mol. The van der Waals surface area contributed by atoms with Gasteiger partial charge < -0.3 is 19.2 Å². The average Bonchev–Trinajstić information content (AvgIpc) is 3.45. The van der Waals surface area contributed by atoms with E-state index in [1.165, 1.54) is 18.4 Å². The molecule has 0 spiro atoms. The number of halogens is 1. The number of anilines is 1. The van der Waals surface area contributed by atoms with Crippen molar-refractivity contribution in [2.45, 2.75) is 25.8 Å². The van der Waals surface area contributed by atoms with Gasteiger partial charge >= 0.3 is 0 Å². The van der Waals surface area contributed by atoms with Crippen LogP contribution in [-0.4, -0.2) is 50.5 Å². The number of hydrogen-bond donors (Lipinski definition) is 1. The van der Waals surface area contributed by atoms with E-state index in [4.69, 9.17) is 4.42 Å². The Morgan fingerprint density at radius 3 is 2.56 bits per heavy atom. The molecule has 4 heterocycles. The minimum Gasteiger partial charge on any atom is -0.442 e. The molecule has 0 aliphatic carbocycles. The van der Waals surface area contributed by atoms with Gasteiger partial charge in [0.25, 0.3) is 5.91 Å². The highest BCUT2D eigenvalue weighted by molar-refractivity contribution is 6.02. The number of hydrogen-bond acceptors (Lipinski definition) is 6. The van der Waals surface area contributed by atoms with Gasteiger partial charge in [0.1, 0.15) is 29.3 Å². The van der Waals surface area contributed by atoms with Crippen LogP contribution in [0.3, 0.4) is 0 Å². The highest BCUT2D eigenvalue weighted by atomic mass is 19.1. The fraction of sp³-hybridized carbons (Fsp3) is 0.280. The number of pyridine rings is 1. The Balaban J connectivity index is 1.38. The number of aromatic nitrogens is 4. The minimum absolute atomic E-state index is 0.0686. The lowest BCUT2D eigenvalue weighted by Crippen LogP contribution is -2.41. The summed E-state index contributed by atoms with van der Waals surface area (Å²) in [5.41, 5.74) is 3.23. The second-order valence-corrected chi connectivity index (χ2v) is 8.84. The highest BCUT2D eigenvalue weighted by Gasteiger charge is 2.25. The van der Waals surface area contributed by atoms with Crippen molar-refractivity contribution in [1.82, 2.24) is 24.4 Å². The van der Waals surface area contributed by atoms with Crippen LogP contribution in [-0.2, 0) is 0 Å². The molecule has 0 saturated carbocycles. The Hall–Kier alpha value is -3.85. The molecule has 1 aliphatic heterocycles. The van der Waals surface area contributed by atoms with E-state index in [9.17, 15) is 9.18 Å². The Morgan fingerprint density at radius 2 is 1.91 bits per heavy atom. The third-order valence-electron chi connectivity index (χ3n) is 5.97. The van der Waals surface area contributed by atoms with Crippen molar-refractivity contribution in [2.24, 2.45) is 0 Å². The van der Waals surface area contributed by atoms with Gasteiger partial charge in [-0.15, -0.1) is 0 Å². The van der Waals surface area contributed by atoms with Crippen LogP contribution in [0.5, 0.6) is 0 Å². The van der Waals surface area contributed by atoms with Gasteiger partial charge in [-0.05, 0) is 56.8 Å². The largest absolute Gasteiger partial charge is 0.442 e. The molecular formula is C25H25FN6O2. The first-order chi connectivity index (χ1) is 16.4. The lowest BCUT2D eigenvalue weighted by atomic mass is 9.93. The van der Waals surface area contributed by atoms with E-state index in [1.807, 2.05) is 24.5 Å². The van der Waals surface area contributed by atoms with Crippen LogP contribution in [0.1, 0.15) is 41.9 Å². The van der Waals surface area contributed by atoms with Crippen molar-refractivity contribution in [3.63, 3.8) is 0 Å². The molecule has 1 amide bonds. The molecule has 1 fully saturated rings. The summed E-state index contributed by atoms with van der Waals surface area (Å²) in [5, 5.41) is 2.77. The molecule has 9 heteroatoms. The Morgan fingerprint density at radius 1 is 1.15 bits per heavy atom. The number of carbonyl (C=O) groups is 1. The topological polar surface area (TPSA) is 89.1 Å². The number of imidazole rings is 1. The van der Waals surface area contributed by atoms with Gasteiger partial charge in [-0.2, -0.15) is 0 Å². The van der Waals surface area contributed by atoms with Crippen molar-refractivity contribution in [3.05, 3.63) is 72.3 Å². The third kappa shape index (κ3) is 4.22. The van der Waals surface area contributed by atoms with Crippen molar-refractivity contribution < 1.29 is 13.6 Å². The van der Waals surface area contributed by atoms with Crippen LogP contribution in [0.15, 0.2) is 59.6 Å². The predicted octanol–water partition coefficient (Wildman–Crippen LogP) is 4.60. The van der Waals surface area contributed by atoms with E-state index in [0.29, 0.717) is 23.1 Å². The number of amides is 1. The minimum atomic E-state index is -0.419. The van der Waals surface area contributed by atoms with E-state index in [-0.39, 0.29) is 23.4 Å². The maximum Gasteiger partial charge on any atom is 0.278 e. The molecule has 1 aliphatic rings. The quantitative estimate of drug-likeness (QED) is 0.452. The van der Waals surface area contributed by atoms with Gasteiger partial charge in [0.05, 0.1) is 6.33 Å². The summed E-state index contributed by atoms with van der Waals surface area (Å²) < 4.78 is 21.0. The molecular weight excluding hydrogens is 435 g/mol. The van der Waals surface area contributed by atoms with E-state index in [1.54, 1.807) is 30.7 Å². The van der Waals surface area contributed by atoms with Gasteiger partial charge in [-0.3, -0.25) is 4.79 Å². The molecule has 3 aromatic heterocycles. The zero-order valence-corrected chi connectivity index (χ0v) is 19.2. The lowest BCUT2D eigenvalue weighted by Gasteiger charge is -2.36. The van der Waals surface area contributed by atoms with Crippen LogP contribution < -0.4 is 5.32 Å². The van der Waals surface area contributed by atoms with Gasteiger partial charge in [0.2, 0.25) is 5.89 Å². The Kier molecular flexibility index (Phi) is 5.70. The smallest absolute Gasteiger partial charge is 0.278 e. The number of benzene rings is 1. The summed E-state index contributed by atoms with van der Waals surface area (Å²) in [6.45, 7) is 6.05. The van der Waals surface area contributed by atoms with Crippen LogP contribution in [0, 0.1) is 5.82 Å². The maximum atomic E-state index is 13.4. The number of likely N-dealkylation sites (tertiary alicyclic amines) is 1. The molecule has 1 saturated heterocycles. The summed E-state index contributed by atoms with van der Waals surface area (Å²) in [5.74, 6) is 0.447. The maximum absolute atomic E-state index is 13.4. The van der Waals surface area contributed by atoms with Crippen molar-refractivity contribution in [1.29, 1.82) is 0 Å². The molecule has 8 nitrogen and oxygen atoms in total. The fourth-order valence-corrected chi connectivity index (χ4v) is 4.08. The van der Waals surface area contributed by atoms with Gasteiger partial charge in [0.15, 0.2) is 5.69 Å². The molecule has 0 radical (unpaired) electrons. The Labute approximate surface area is 196 Å². The predicted molar refractivity (Wildman–Crippen MR) is 126 cm³/mol. The van der Waals surface area contributed by atoms with Gasteiger partial charge in [0, 0.05) is 36.8 Å². The summed E-state index contributed by atoms with van der Waals surface area (Å²) in [4.78, 5) is 28.3. The summed E-state index contributed by atoms with van der Waals surface area (Å²) in [6, 6.07) is 9.92. The summed E-state index contributed by atoms with van der Waals surface area (Å²) in [6.07, 6.45) is 4.81. The zero-order valence-electron chi connectivity index (χ0n) is 19.2. The fourth-order valence-electron chi connectivity index (χ4n) is 4.08. The first-order valence-corrected chi connectivity index (χ1v) is 11.1. The molecule has 5 rings (SSSR count). The molecule has 0 atom stereocenters.